The maximum absolute atomic E-state index is 13.4. The third kappa shape index (κ3) is 6.13. The fraction of sp³-hybridized carbons (Fsp3) is 0.312. The number of rotatable bonds is 12. The largest absolute Gasteiger partial charge is 0.507 e. The minimum absolute atomic E-state index is 0.0368. The van der Waals surface area contributed by atoms with Crippen molar-refractivity contribution in [3.63, 3.8) is 0 Å². The van der Waals surface area contributed by atoms with Crippen LogP contribution in [0.25, 0.3) is 5.76 Å². The lowest BCUT2D eigenvalue weighted by atomic mass is 9.95. The molecular weight excluding hydrogens is 508 g/mol. The van der Waals surface area contributed by atoms with E-state index in [0.29, 0.717) is 48.1 Å². The fourth-order valence-electron chi connectivity index (χ4n) is 4.87. The molecule has 0 radical (unpaired) electrons. The quantitative estimate of drug-likeness (QED) is 0.194. The molecule has 1 aliphatic rings. The summed E-state index contributed by atoms with van der Waals surface area (Å²) in [6, 6.07) is 21.3. The van der Waals surface area contributed by atoms with Crippen LogP contribution in [-0.2, 0) is 16.2 Å². The summed E-state index contributed by atoms with van der Waals surface area (Å²) >= 11 is 0. The Balaban J connectivity index is 1.71. The number of hydrogen-bond acceptors (Lipinski definition) is 7. The smallest absolute Gasteiger partial charge is 0.295 e. The SMILES string of the molecule is CCN(CC)CCN1C(=O)C(=O)C(=C(O)c2ccc(OC)c(OC)c2)[C@@H]1c1ccc(OCc2ccccc2)cc1. The van der Waals surface area contributed by atoms with Crippen LogP contribution in [0.3, 0.4) is 0 Å². The zero-order valence-corrected chi connectivity index (χ0v) is 23.4. The highest BCUT2D eigenvalue weighted by atomic mass is 16.5. The van der Waals surface area contributed by atoms with Crippen LogP contribution in [0.5, 0.6) is 17.2 Å². The molecule has 4 rings (SSSR count). The number of aliphatic hydroxyl groups is 1. The van der Waals surface area contributed by atoms with Crippen molar-refractivity contribution < 1.29 is 28.9 Å². The van der Waals surface area contributed by atoms with Crippen LogP contribution < -0.4 is 14.2 Å². The molecule has 3 aromatic rings. The Kier molecular flexibility index (Phi) is 9.45. The van der Waals surface area contributed by atoms with Gasteiger partial charge in [0.05, 0.1) is 25.8 Å². The lowest BCUT2D eigenvalue weighted by Crippen LogP contribution is -2.38. The van der Waals surface area contributed by atoms with Crippen LogP contribution in [0.2, 0.25) is 0 Å². The second kappa shape index (κ2) is 13.2. The molecule has 8 heteroatoms. The first-order chi connectivity index (χ1) is 19.4. The van der Waals surface area contributed by atoms with Gasteiger partial charge in [0.25, 0.3) is 11.7 Å². The Bertz CT molecular complexity index is 1350. The van der Waals surface area contributed by atoms with Gasteiger partial charge in [-0.05, 0) is 54.5 Å². The molecule has 1 amide bonds. The third-order valence-electron chi connectivity index (χ3n) is 7.19. The van der Waals surface area contributed by atoms with Gasteiger partial charge in [-0.1, -0.05) is 56.3 Å². The predicted molar refractivity (Wildman–Crippen MR) is 154 cm³/mol. The molecule has 1 fully saturated rings. The summed E-state index contributed by atoms with van der Waals surface area (Å²) in [7, 11) is 3.02. The fourth-order valence-corrected chi connectivity index (χ4v) is 4.87. The third-order valence-corrected chi connectivity index (χ3v) is 7.19. The number of nitrogens with zero attached hydrogens (tertiary/aromatic N) is 2. The van der Waals surface area contributed by atoms with Crippen LogP contribution in [-0.4, -0.2) is 67.0 Å². The van der Waals surface area contributed by atoms with Gasteiger partial charge >= 0.3 is 0 Å². The van der Waals surface area contributed by atoms with E-state index in [0.717, 1.165) is 18.7 Å². The number of hydrogen-bond donors (Lipinski definition) is 1. The van der Waals surface area contributed by atoms with E-state index in [2.05, 4.69) is 18.7 Å². The topological polar surface area (TPSA) is 88.5 Å². The summed E-state index contributed by atoms with van der Waals surface area (Å²) < 4.78 is 16.6. The molecule has 1 N–H and O–H groups in total. The molecule has 1 atom stereocenters. The van der Waals surface area contributed by atoms with Gasteiger partial charge in [-0.3, -0.25) is 9.59 Å². The number of amides is 1. The van der Waals surface area contributed by atoms with E-state index in [-0.39, 0.29) is 11.3 Å². The minimum Gasteiger partial charge on any atom is -0.507 e. The lowest BCUT2D eigenvalue weighted by Gasteiger charge is -2.28. The maximum atomic E-state index is 13.4. The Labute approximate surface area is 235 Å². The number of likely N-dealkylation sites (N-methyl/N-ethyl adjacent to an activating group) is 1. The summed E-state index contributed by atoms with van der Waals surface area (Å²) in [6.07, 6.45) is 0. The first-order valence-electron chi connectivity index (χ1n) is 13.4. The number of aliphatic hydroxyl groups excluding tert-OH is 1. The van der Waals surface area contributed by atoms with Crippen LogP contribution in [0.15, 0.2) is 78.4 Å². The molecule has 1 saturated heterocycles. The molecule has 0 unspecified atom stereocenters. The lowest BCUT2D eigenvalue weighted by molar-refractivity contribution is -0.140. The molecule has 1 heterocycles. The van der Waals surface area contributed by atoms with Crippen LogP contribution >= 0.6 is 0 Å². The average molecular weight is 545 g/mol. The summed E-state index contributed by atoms with van der Waals surface area (Å²) in [5, 5.41) is 11.4. The highest BCUT2D eigenvalue weighted by Crippen LogP contribution is 2.41. The number of ether oxygens (including phenoxy) is 3. The van der Waals surface area contributed by atoms with Gasteiger partial charge < -0.3 is 29.1 Å². The van der Waals surface area contributed by atoms with Crippen molar-refractivity contribution >= 4 is 17.4 Å². The van der Waals surface area contributed by atoms with Gasteiger partial charge in [-0.15, -0.1) is 0 Å². The van der Waals surface area contributed by atoms with Gasteiger partial charge in [0.15, 0.2) is 11.5 Å². The van der Waals surface area contributed by atoms with Crippen LogP contribution in [0.1, 0.15) is 36.6 Å². The molecule has 210 valence electrons. The van der Waals surface area contributed by atoms with Crippen molar-refractivity contribution in [3.8, 4) is 17.2 Å². The number of benzene rings is 3. The standard InChI is InChI=1S/C32H36N2O6/c1-5-33(6-2)18-19-34-29(23-12-15-25(16-13-23)40-21-22-10-8-7-9-11-22)28(31(36)32(34)37)30(35)24-14-17-26(38-3)27(20-24)39-4/h7-17,20,29,35H,5-6,18-19,21H2,1-4H3/t29-/m0/s1. The highest BCUT2D eigenvalue weighted by molar-refractivity contribution is 6.46. The second-order valence-corrected chi connectivity index (χ2v) is 9.43. The Hall–Kier alpha value is -4.30. The number of carbonyl (C=O) groups is 2. The van der Waals surface area contributed by atoms with Crippen molar-refractivity contribution in [2.45, 2.75) is 26.5 Å². The van der Waals surface area contributed by atoms with Crippen LogP contribution in [0.4, 0.5) is 0 Å². The molecule has 0 aromatic heterocycles. The van der Waals surface area contributed by atoms with Gasteiger partial charge in [0.2, 0.25) is 0 Å². The molecule has 1 aliphatic heterocycles. The maximum Gasteiger partial charge on any atom is 0.295 e. The van der Waals surface area contributed by atoms with Crippen LogP contribution in [0, 0.1) is 0 Å². The summed E-state index contributed by atoms with van der Waals surface area (Å²) in [5.74, 6) is -0.0726. The number of methoxy groups -OCH3 is 2. The zero-order chi connectivity index (χ0) is 28.6. The molecule has 0 spiro atoms. The van der Waals surface area contributed by atoms with E-state index in [1.165, 1.54) is 14.2 Å². The Morgan fingerprint density at radius 1 is 0.900 bits per heavy atom. The molecule has 0 bridgehead atoms. The molecule has 3 aromatic carbocycles. The van der Waals surface area contributed by atoms with Crippen molar-refractivity contribution in [2.75, 3.05) is 40.4 Å². The van der Waals surface area contributed by atoms with E-state index in [1.807, 2.05) is 54.6 Å². The van der Waals surface area contributed by atoms with Gasteiger partial charge in [0, 0.05) is 18.7 Å². The second-order valence-electron chi connectivity index (χ2n) is 9.43. The Morgan fingerprint density at radius 3 is 2.20 bits per heavy atom. The number of ketones is 1. The Morgan fingerprint density at radius 2 is 1.57 bits per heavy atom. The molecule has 0 aliphatic carbocycles. The molecule has 8 nitrogen and oxygen atoms in total. The normalized spacial score (nSPS) is 16.4. The zero-order valence-electron chi connectivity index (χ0n) is 23.4. The van der Waals surface area contributed by atoms with E-state index in [1.54, 1.807) is 23.1 Å². The summed E-state index contributed by atoms with van der Waals surface area (Å²) in [4.78, 5) is 30.5. The first-order valence-corrected chi connectivity index (χ1v) is 13.4. The van der Waals surface area contributed by atoms with Crippen molar-refractivity contribution in [1.29, 1.82) is 0 Å². The molecular formula is C32H36N2O6. The number of carbonyl (C=O) groups excluding carboxylic acids is 2. The van der Waals surface area contributed by atoms with E-state index in [9.17, 15) is 14.7 Å². The summed E-state index contributed by atoms with van der Waals surface area (Å²) in [6.45, 7) is 7.12. The number of Topliss-reactive ketones (excluding diaryl/α,β-unsaturated/α-hetero) is 1. The van der Waals surface area contributed by atoms with Gasteiger partial charge in [-0.2, -0.15) is 0 Å². The minimum atomic E-state index is -0.758. The summed E-state index contributed by atoms with van der Waals surface area (Å²) in [5.41, 5.74) is 2.14. The van der Waals surface area contributed by atoms with E-state index in [4.69, 9.17) is 14.2 Å². The van der Waals surface area contributed by atoms with Crippen molar-refractivity contribution in [1.82, 2.24) is 9.80 Å². The van der Waals surface area contributed by atoms with E-state index < -0.39 is 17.7 Å². The average Bonchev–Trinajstić information content (AvgIpc) is 3.25. The predicted octanol–water partition coefficient (Wildman–Crippen LogP) is 5.05. The van der Waals surface area contributed by atoms with E-state index >= 15 is 0 Å². The van der Waals surface area contributed by atoms with Gasteiger partial charge in [-0.25, -0.2) is 0 Å². The monoisotopic (exact) mass is 544 g/mol. The number of likely N-dealkylation sites (tertiary alicyclic amines) is 1. The van der Waals surface area contributed by atoms with Crippen molar-refractivity contribution in [3.05, 3.63) is 95.1 Å². The first kappa shape index (κ1) is 28.7. The highest BCUT2D eigenvalue weighted by Gasteiger charge is 2.46. The molecule has 40 heavy (non-hydrogen) atoms. The van der Waals surface area contributed by atoms with Gasteiger partial charge in [0.1, 0.15) is 18.1 Å². The molecule has 0 saturated carbocycles. The van der Waals surface area contributed by atoms with Crippen molar-refractivity contribution in [2.24, 2.45) is 0 Å².